The number of benzene rings is 1. The quantitative estimate of drug-likeness (QED) is 0.863. The van der Waals surface area contributed by atoms with Crippen LogP contribution in [0.15, 0.2) is 30.5 Å². The van der Waals surface area contributed by atoms with Crippen molar-refractivity contribution in [2.75, 3.05) is 18.0 Å². The Morgan fingerprint density at radius 3 is 2.73 bits per heavy atom. The summed E-state index contributed by atoms with van der Waals surface area (Å²) in [6.07, 6.45) is 2.85. The van der Waals surface area contributed by atoms with Crippen LogP contribution < -0.4 is 4.90 Å². The minimum absolute atomic E-state index is 0.183. The van der Waals surface area contributed by atoms with E-state index in [2.05, 4.69) is 20.9 Å². The first-order chi connectivity index (χ1) is 10.7. The molecule has 0 radical (unpaired) electrons. The summed E-state index contributed by atoms with van der Waals surface area (Å²) in [5.41, 5.74) is 3.07. The van der Waals surface area contributed by atoms with Gasteiger partial charge >= 0.3 is 0 Å². The first-order valence-electron chi connectivity index (χ1n) is 7.13. The van der Waals surface area contributed by atoms with E-state index in [0.29, 0.717) is 11.3 Å². The van der Waals surface area contributed by atoms with Crippen LogP contribution in [0, 0.1) is 11.3 Å². The van der Waals surface area contributed by atoms with Gasteiger partial charge in [0.25, 0.3) is 0 Å². The van der Waals surface area contributed by atoms with Crippen molar-refractivity contribution in [2.24, 2.45) is 0 Å². The second-order valence-corrected chi connectivity index (χ2v) is 5.65. The number of aliphatic hydroxyl groups excluding tert-OH is 1. The lowest BCUT2D eigenvalue weighted by Crippen LogP contribution is -2.35. The van der Waals surface area contributed by atoms with Gasteiger partial charge in [0.15, 0.2) is 0 Å². The lowest BCUT2D eigenvalue weighted by molar-refractivity contribution is 0.145. The molecule has 0 aliphatic carbocycles. The summed E-state index contributed by atoms with van der Waals surface area (Å²) in [6.45, 7) is 1.56. The Bertz CT molecular complexity index is 720. The van der Waals surface area contributed by atoms with Crippen LogP contribution in [0.1, 0.15) is 18.4 Å². The van der Waals surface area contributed by atoms with E-state index in [0.717, 1.165) is 37.2 Å². The molecule has 1 aromatic carbocycles. The predicted octanol–water partition coefficient (Wildman–Crippen LogP) is 2.63. The monoisotopic (exact) mass is 314 g/mol. The molecule has 1 fully saturated rings. The molecular weight excluding hydrogens is 300 g/mol. The Morgan fingerprint density at radius 1 is 1.27 bits per heavy atom. The van der Waals surface area contributed by atoms with Crippen LogP contribution >= 0.6 is 11.6 Å². The molecule has 1 aliphatic heterocycles. The van der Waals surface area contributed by atoms with E-state index >= 15 is 0 Å². The summed E-state index contributed by atoms with van der Waals surface area (Å²) >= 11 is 5.85. The molecule has 3 rings (SSSR count). The largest absolute Gasteiger partial charge is 0.393 e. The van der Waals surface area contributed by atoms with Crippen molar-refractivity contribution >= 4 is 17.3 Å². The molecule has 1 N–H and O–H groups in total. The zero-order chi connectivity index (χ0) is 15.5. The Labute approximate surface area is 133 Å². The maximum atomic E-state index is 9.63. The first kappa shape index (κ1) is 14.8. The fraction of sp³-hybridized carbons (Fsp3) is 0.312. The fourth-order valence-electron chi connectivity index (χ4n) is 2.63. The maximum absolute atomic E-state index is 9.63. The molecule has 2 aromatic rings. The summed E-state index contributed by atoms with van der Waals surface area (Å²) < 4.78 is 0. The highest BCUT2D eigenvalue weighted by Gasteiger charge is 2.18. The number of nitrogens with zero attached hydrogens (tertiary/aromatic N) is 4. The topological polar surface area (TPSA) is 73.0 Å². The Balaban J connectivity index is 1.98. The Hall–Kier alpha value is -2.16. The number of aliphatic hydroxyl groups is 1. The third kappa shape index (κ3) is 3.19. The van der Waals surface area contributed by atoms with Gasteiger partial charge in [0.05, 0.1) is 23.4 Å². The van der Waals surface area contributed by atoms with Crippen LogP contribution in [0.5, 0.6) is 0 Å². The zero-order valence-corrected chi connectivity index (χ0v) is 12.7. The number of nitriles is 1. The van der Waals surface area contributed by atoms with Gasteiger partial charge in [0.1, 0.15) is 0 Å². The highest BCUT2D eigenvalue weighted by Crippen LogP contribution is 2.28. The number of hydrogen-bond donors (Lipinski definition) is 1. The van der Waals surface area contributed by atoms with Crippen molar-refractivity contribution in [3.05, 3.63) is 41.3 Å². The fourth-order valence-corrected chi connectivity index (χ4v) is 2.77. The Morgan fingerprint density at radius 2 is 2.05 bits per heavy atom. The SMILES string of the molecule is N#Cc1cc(-c2ccnc(Cl)n2)cc(N2CCC(O)CC2)c1. The normalized spacial score (nSPS) is 15.6. The highest BCUT2D eigenvalue weighted by atomic mass is 35.5. The second-order valence-electron chi connectivity index (χ2n) is 5.31. The Kier molecular flexibility index (Phi) is 4.23. The predicted molar refractivity (Wildman–Crippen MR) is 84.6 cm³/mol. The molecule has 0 amide bonds. The zero-order valence-electron chi connectivity index (χ0n) is 11.9. The van der Waals surface area contributed by atoms with Crippen LogP contribution in [0.2, 0.25) is 5.28 Å². The van der Waals surface area contributed by atoms with Crippen molar-refractivity contribution in [1.29, 1.82) is 5.26 Å². The summed E-state index contributed by atoms with van der Waals surface area (Å²) in [5.74, 6) is 0. The van der Waals surface area contributed by atoms with Crippen LogP contribution in [0.25, 0.3) is 11.3 Å². The van der Waals surface area contributed by atoms with E-state index in [4.69, 9.17) is 11.6 Å². The lowest BCUT2D eigenvalue weighted by atomic mass is 10.0. The first-order valence-corrected chi connectivity index (χ1v) is 7.50. The molecule has 0 atom stereocenters. The lowest BCUT2D eigenvalue weighted by Gasteiger charge is -2.31. The van der Waals surface area contributed by atoms with Gasteiger partial charge in [-0.15, -0.1) is 0 Å². The molecule has 0 unspecified atom stereocenters. The number of aromatic nitrogens is 2. The molecular formula is C16H15ClN4O. The molecule has 5 nitrogen and oxygen atoms in total. The van der Waals surface area contributed by atoms with Gasteiger partial charge in [-0.05, 0) is 48.7 Å². The minimum Gasteiger partial charge on any atom is -0.393 e. The van der Waals surface area contributed by atoms with Gasteiger partial charge < -0.3 is 10.0 Å². The van der Waals surface area contributed by atoms with E-state index in [9.17, 15) is 10.4 Å². The van der Waals surface area contributed by atoms with E-state index in [1.54, 1.807) is 18.3 Å². The number of rotatable bonds is 2. The number of piperidine rings is 1. The van der Waals surface area contributed by atoms with E-state index in [1.807, 2.05) is 12.1 Å². The van der Waals surface area contributed by atoms with E-state index in [-0.39, 0.29) is 11.4 Å². The molecule has 6 heteroatoms. The third-order valence-corrected chi connectivity index (χ3v) is 3.98. The molecule has 1 saturated heterocycles. The summed E-state index contributed by atoms with van der Waals surface area (Å²) in [4.78, 5) is 10.3. The van der Waals surface area contributed by atoms with E-state index < -0.39 is 0 Å². The van der Waals surface area contributed by atoms with Gasteiger partial charge in [0, 0.05) is 30.5 Å². The van der Waals surface area contributed by atoms with Gasteiger partial charge in [0.2, 0.25) is 5.28 Å². The van der Waals surface area contributed by atoms with Crippen LogP contribution in [-0.4, -0.2) is 34.3 Å². The number of anilines is 1. The van der Waals surface area contributed by atoms with Crippen molar-refractivity contribution in [3.63, 3.8) is 0 Å². The molecule has 1 aliphatic rings. The molecule has 0 spiro atoms. The average Bonchev–Trinajstić information content (AvgIpc) is 2.55. The van der Waals surface area contributed by atoms with Crippen molar-refractivity contribution in [3.8, 4) is 17.3 Å². The van der Waals surface area contributed by atoms with Crippen molar-refractivity contribution in [2.45, 2.75) is 18.9 Å². The van der Waals surface area contributed by atoms with Crippen molar-refractivity contribution < 1.29 is 5.11 Å². The number of hydrogen-bond acceptors (Lipinski definition) is 5. The van der Waals surface area contributed by atoms with E-state index in [1.165, 1.54) is 0 Å². The van der Waals surface area contributed by atoms with Gasteiger partial charge in [-0.25, -0.2) is 9.97 Å². The molecule has 0 saturated carbocycles. The molecule has 1 aromatic heterocycles. The number of halogens is 1. The van der Waals surface area contributed by atoms with Crippen LogP contribution in [0.4, 0.5) is 5.69 Å². The second kappa shape index (κ2) is 6.30. The van der Waals surface area contributed by atoms with Crippen LogP contribution in [0.3, 0.4) is 0 Å². The molecule has 22 heavy (non-hydrogen) atoms. The molecule has 2 heterocycles. The van der Waals surface area contributed by atoms with Gasteiger partial charge in [-0.2, -0.15) is 5.26 Å². The van der Waals surface area contributed by atoms with Crippen molar-refractivity contribution in [1.82, 2.24) is 9.97 Å². The summed E-state index contributed by atoms with van der Waals surface area (Å²) in [5, 5.41) is 19.1. The summed E-state index contributed by atoms with van der Waals surface area (Å²) in [7, 11) is 0. The maximum Gasteiger partial charge on any atom is 0.222 e. The molecule has 0 bridgehead atoms. The molecule has 112 valence electrons. The van der Waals surface area contributed by atoms with Gasteiger partial charge in [-0.1, -0.05) is 0 Å². The summed E-state index contributed by atoms with van der Waals surface area (Å²) in [6, 6.07) is 9.61. The van der Waals surface area contributed by atoms with Crippen LogP contribution in [-0.2, 0) is 0 Å². The average molecular weight is 315 g/mol. The smallest absolute Gasteiger partial charge is 0.222 e. The minimum atomic E-state index is -0.226. The highest BCUT2D eigenvalue weighted by molar-refractivity contribution is 6.28. The third-order valence-electron chi connectivity index (χ3n) is 3.80. The van der Waals surface area contributed by atoms with Gasteiger partial charge in [-0.3, -0.25) is 0 Å². The standard InChI is InChI=1S/C16H15ClN4O/c17-16-19-4-1-15(20-16)12-7-11(10-18)8-13(9-12)21-5-2-14(22)3-6-21/h1,4,7-9,14,22H,2-3,5-6H2.